The first-order valence-electron chi connectivity index (χ1n) is 8.08. The maximum absolute atomic E-state index is 12.2. The quantitative estimate of drug-likeness (QED) is 0.223. The van der Waals surface area contributed by atoms with Crippen molar-refractivity contribution in [2.24, 2.45) is 4.99 Å². The van der Waals surface area contributed by atoms with E-state index in [1.54, 1.807) is 31.3 Å². The number of carbonyl (C=O) groups is 2. The molecule has 1 aliphatic rings. The molecule has 0 saturated carbocycles. The summed E-state index contributed by atoms with van der Waals surface area (Å²) in [4.78, 5) is 29.9. The van der Waals surface area contributed by atoms with Crippen LogP contribution >= 0.6 is 24.0 Å². The summed E-state index contributed by atoms with van der Waals surface area (Å²) in [7, 11) is 1.71. The zero-order valence-corrected chi connectivity index (χ0v) is 16.5. The van der Waals surface area contributed by atoms with Gasteiger partial charge in [-0.25, -0.2) is 0 Å². The van der Waals surface area contributed by atoms with E-state index < -0.39 is 0 Å². The van der Waals surface area contributed by atoms with Gasteiger partial charge in [0.05, 0.1) is 11.1 Å². The number of hydrogen-bond donors (Lipinski definition) is 2. The third kappa shape index (κ3) is 4.93. The Bertz CT molecular complexity index is 569. The van der Waals surface area contributed by atoms with Crippen molar-refractivity contribution in [1.82, 2.24) is 15.5 Å². The van der Waals surface area contributed by atoms with Crippen molar-refractivity contribution in [3.05, 3.63) is 35.4 Å². The first-order valence-corrected chi connectivity index (χ1v) is 8.08. The first kappa shape index (κ1) is 20.4. The maximum Gasteiger partial charge on any atom is 0.261 e. The van der Waals surface area contributed by atoms with E-state index in [1.165, 1.54) is 17.7 Å². The number of nitrogens with one attached hydrogen (secondary N) is 2. The van der Waals surface area contributed by atoms with Crippen molar-refractivity contribution in [3.63, 3.8) is 0 Å². The summed E-state index contributed by atoms with van der Waals surface area (Å²) in [5, 5.41) is 6.35. The third-order valence-corrected chi connectivity index (χ3v) is 3.80. The minimum absolute atomic E-state index is 0. The normalized spacial score (nSPS) is 13.6. The number of aliphatic imine (C=N–C) groups is 1. The van der Waals surface area contributed by atoms with Gasteiger partial charge < -0.3 is 10.6 Å². The van der Waals surface area contributed by atoms with Crippen LogP contribution in [0.5, 0.6) is 0 Å². The van der Waals surface area contributed by atoms with Crippen LogP contribution in [0.25, 0.3) is 0 Å². The topological polar surface area (TPSA) is 73.8 Å². The molecule has 2 amide bonds. The summed E-state index contributed by atoms with van der Waals surface area (Å²) >= 11 is 0. The summed E-state index contributed by atoms with van der Waals surface area (Å²) in [6.45, 7) is 3.82. The van der Waals surface area contributed by atoms with E-state index in [2.05, 4.69) is 22.5 Å². The Balaban J connectivity index is 0.00000288. The average molecular weight is 444 g/mol. The Labute approximate surface area is 160 Å². The second-order valence-electron chi connectivity index (χ2n) is 5.44. The number of unbranched alkanes of at least 4 members (excludes halogenated alkanes) is 2. The Morgan fingerprint density at radius 1 is 1.04 bits per heavy atom. The second-order valence-corrected chi connectivity index (χ2v) is 5.44. The van der Waals surface area contributed by atoms with Gasteiger partial charge in [-0.15, -0.1) is 24.0 Å². The molecule has 1 aromatic carbocycles. The Morgan fingerprint density at radius 2 is 1.62 bits per heavy atom. The van der Waals surface area contributed by atoms with Gasteiger partial charge in [0.1, 0.15) is 0 Å². The van der Waals surface area contributed by atoms with Gasteiger partial charge in [0.2, 0.25) is 0 Å². The van der Waals surface area contributed by atoms with Crippen LogP contribution < -0.4 is 10.6 Å². The van der Waals surface area contributed by atoms with Crippen LogP contribution in [0, 0.1) is 0 Å². The van der Waals surface area contributed by atoms with E-state index in [9.17, 15) is 9.59 Å². The smallest absolute Gasteiger partial charge is 0.261 e. The molecule has 24 heavy (non-hydrogen) atoms. The van der Waals surface area contributed by atoms with Crippen LogP contribution in [0.3, 0.4) is 0 Å². The zero-order valence-electron chi connectivity index (χ0n) is 14.2. The van der Waals surface area contributed by atoms with Crippen molar-refractivity contribution in [1.29, 1.82) is 0 Å². The fraction of sp³-hybridized carbons (Fsp3) is 0.471. The Hall–Kier alpha value is -1.64. The molecule has 1 aromatic rings. The third-order valence-electron chi connectivity index (χ3n) is 3.80. The van der Waals surface area contributed by atoms with Crippen LogP contribution in [-0.2, 0) is 0 Å². The number of hydrogen-bond acceptors (Lipinski definition) is 3. The van der Waals surface area contributed by atoms with Crippen molar-refractivity contribution < 1.29 is 9.59 Å². The molecule has 132 valence electrons. The number of nitrogens with zero attached hydrogens (tertiary/aromatic N) is 2. The highest BCUT2D eigenvalue weighted by atomic mass is 127. The zero-order chi connectivity index (χ0) is 16.7. The molecule has 0 fully saturated rings. The van der Waals surface area contributed by atoms with Crippen LogP contribution in [-0.4, -0.2) is 49.4 Å². The fourth-order valence-corrected chi connectivity index (χ4v) is 2.53. The largest absolute Gasteiger partial charge is 0.356 e. The van der Waals surface area contributed by atoms with Crippen molar-refractivity contribution in [2.45, 2.75) is 26.2 Å². The van der Waals surface area contributed by atoms with Gasteiger partial charge in [0.25, 0.3) is 11.8 Å². The lowest BCUT2D eigenvalue weighted by atomic mass is 10.1. The Morgan fingerprint density at radius 3 is 2.17 bits per heavy atom. The van der Waals surface area contributed by atoms with E-state index in [0.717, 1.165) is 13.0 Å². The summed E-state index contributed by atoms with van der Waals surface area (Å²) in [5.74, 6) is 0.245. The van der Waals surface area contributed by atoms with Gasteiger partial charge in [-0.3, -0.25) is 19.5 Å². The van der Waals surface area contributed by atoms with E-state index in [-0.39, 0.29) is 35.8 Å². The molecule has 0 aliphatic carbocycles. The van der Waals surface area contributed by atoms with E-state index in [1.807, 2.05) is 0 Å². The minimum Gasteiger partial charge on any atom is -0.356 e. The van der Waals surface area contributed by atoms with E-state index >= 15 is 0 Å². The molecule has 2 rings (SSSR count). The van der Waals surface area contributed by atoms with Crippen LogP contribution in [0.15, 0.2) is 29.3 Å². The lowest BCUT2D eigenvalue weighted by Gasteiger charge is -2.16. The molecule has 1 aliphatic heterocycles. The van der Waals surface area contributed by atoms with Crippen LogP contribution in [0.1, 0.15) is 46.9 Å². The molecule has 7 heteroatoms. The predicted octanol–water partition coefficient (Wildman–Crippen LogP) is 2.26. The molecule has 0 saturated heterocycles. The number of benzene rings is 1. The summed E-state index contributed by atoms with van der Waals surface area (Å²) in [6.07, 6.45) is 3.45. The van der Waals surface area contributed by atoms with Crippen molar-refractivity contribution in [2.75, 3.05) is 26.7 Å². The molecule has 0 atom stereocenters. The molecule has 0 unspecified atom stereocenters. The number of halogens is 1. The van der Waals surface area contributed by atoms with Crippen LogP contribution in [0.2, 0.25) is 0 Å². The van der Waals surface area contributed by atoms with Crippen molar-refractivity contribution in [3.8, 4) is 0 Å². The second kappa shape index (κ2) is 10.3. The van der Waals surface area contributed by atoms with E-state index in [0.29, 0.717) is 30.2 Å². The minimum atomic E-state index is -0.224. The van der Waals surface area contributed by atoms with Gasteiger partial charge in [-0.1, -0.05) is 31.9 Å². The number of carbonyl (C=O) groups excluding carboxylic acids is 2. The number of guanidine groups is 1. The average Bonchev–Trinajstić information content (AvgIpc) is 2.82. The number of rotatable bonds is 7. The molecular formula is C17H25IN4O2. The molecule has 2 N–H and O–H groups in total. The van der Waals surface area contributed by atoms with Crippen LogP contribution in [0.4, 0.5) is 0 Å². The van der Waals surface area contributed by atoms with Gasteiger partial charge in [0, 0.05) is 26.7 Å². The highest BCUT2D eigenvalue weighted by Crippen LogP contribution is 2.21. The Kier molecular flexibility index (Phi) is 8.73. The number of imide groups is 1. The van der Waals surface area contributed by atoms with Gasteiger partial charge in [0.15, 0.2) is 5.96 Å². The highest BCUT2D eigenvalue weighted by Gasteiger charge is 2.34. The van der Waals surface area contributed by atoms with Gasteiger partial charge in [-0.05, 0) is 18.6 Å². The monoisotopic (exact) mass is 444 g/mol. The highest BCUT2D eigenvalue weighted by molar-refractivity contribution is 14.0. The standard InChI is InChI=1S/C17H24N4O2.HI/c1-3-4-7-10-19-17(18-2)20-11-12-21-15(22)13-8-5-6-9-14(13)16(21)23;/h5-6,8-9H,3-4,7,10-12H2,1-2H3,(H2,18,19,20);1H. The first-order chi connectivity index (χ1) is 11.2. The summed E-state index contributed by atoms with van der Waals surface area (Å²) in [6, 6.07) is 6.93. The maximum atomic E-state index is 12.2. The molecule has 0 bridgehead atoms. The summed E-state index contributed by atoms with van der Waals surface area (Å²) < 4.78 is 0. The van der Waals surface area contributed by atoms with Gasteiger partial charge >= 0.3 is 0 Å². The lowest BCUT2D eigenvalue weighted by Crippen LogP contribution is -2.43. The van der Waals surface area contributed by atoms with E-state index in [4.69, 9.17) is 0 Å². The number of amides is 2. The van der Waals surface area contributed by atoms with Gasteiger partial charge in [-0.2, -0.15) is 0 Å². The molecule has 0 radical (unpaired) electrons. The predicted molar refractivity (Wildman–Crippen MR) is 106 cm³/mol. The lowest BCUT2D eigenvalue weighted by molar-refractivity contribution is 0.0657. The fourth-order valence-electron chi connectivity index (χ4n) is 2.53. The molecule has 1 heterocycles. The molecular weight excluding hydrogens is 419 g/mol. The number of fused-ring (bicyclic) bond motifs is 1. The molecule has 6 nitrogen and oxygen atoms in total. The summed E-state index contributed by atoms with van der Waals surface area (Å²) in [5.41, 5.74) is 0.971. The molecule has 0 aromatic heterocycles. The SMILES string of the molecule is CCCCCNC(=NC)NCCN1C(=O)c2ccccc2C1=O.I. The van der Waals surface area contributed by atoms with Crippen molar-refractivity contribution >= 4 is 41.8 Å². The molecule has 0 spiro atoms.